The van der Waals surface area contributed by atoms with E-state index in [0.717, 1.165) is 6.08 Å². The van der Waals surface area contributed by atoms with Gasteiger partial charge < -0.3 is 15.6 Å². The Morgan fingerprint density at radius 3 is 2.50 bits per heavy atom. The summed E-state index contributed by atoms with van der Waals surface area (Å²) >= 11 is 0. The zero-order chi connectivity index (χ0) is 11.1. The molecule has 0 aromatic carbocycles. The van der Waals surface area contributed by atoms with Crippen molar-refractivity contribution in [1.29, 1.82) is 0 Å². The second kappa shape index (κ2) is 5.87. The van der Waals surface area contributed by atoms with Crippen LogP contribution >= 0.6 is 0 Å². The predicted octanol–water partition coefficient (Wildman–Crippen LogP) is -0.566. The molecule has 0 rings (SSSR count). The number of carboxylic acid groups (broad SMARTS) is 1. The number of carboxylic acids is 1. The maximum Gasteiger partial charge on any atom is 0.337 e. The van der Waals surface area contributed by atoms with Crippen molar-refractivity contribution < 1.29 is 24.2 Å². The first-order valence-electron chi connectivity index (χ1n) is 3.82. The van der Waals surface area contributed by atoms with Crippen LogP contribution in [0, 0.1) is 0 Å². The second-order valence-electron chi connectivity index (χ2n) is 2.48. The Labute approximate surface area is 80.3 Å². The van der Waals surface area contributed by atoms with E-state index in [1.807, 2.05) is 0 Å². The quantitative estimate of drug-likeness (QED) is 0.350. The van der Waals surface area contributed by atoms with E-state index in [4.69, 9.17) is 10.8 Å². The zero-order valence-electron chi connectivity index (χ0n) is 7.43. The summed E-state index contributed by atoms with van der Waals surface area (Å²) in [6, 6.07) is -1.10. The Hall–Kier alpha value is -1.69. The van der Waals surface area contributed by atoms with E-state index < -0.39 is 23.9 Å². The first-order valence-corrected chi connectivity index (χ1v) is 3.82. The summed E-state index contributed by atoms with van der Waals surface area (Å²) in [5.41, 5.74) is 5.24. The minimum atomic E-state index is -1.10. The van der Waals surface area contributed by atoms with Gasteiger partial charge >= 0.3 is 17.9 Å². The van der Waals surface area contributed by atoms with Gasteiger partial charge in [0.25, 0.3) is 0 Å². The molecule has 0 bridgehead atoms. The smallest absolute Gasteiger partial charge is 0.337 e. The lowest BCUT2D eigenvalue weighted by molar-refractivity contribution is -0.157. The topological polar surface area (TPSA) is 107 Å². The van der Waals surface area contributed by atoms with Gasteiger partial charge in [-0.25, -0.2) is 9.59 Å². The van der Waals surface area contributed by atoms with Gasteiger partial charge in [0.1, 0.15) is 6.04 Å². The fourth-order valence-corrected chi connectivity index (χ4v) is 0.613. The number of carbonyl (C=O) groups excluding carboxylic acids is 2. The Balaban J connectivity index is 3.93. The normalized spacial score (nSPS) is 11.5. The van der Waals surface area contributed by atoms with Crippen LogP contribution in [-0.2, 0) is 19.1 Å². The van der Waals surface area contributed by atoms with E-state index >= 15 is 0 Å². The lowest BCUT2D eigenvalue weighted by atomic mass is 10.2. The third-order valence-electron chi connectivity index (χ3n) is 1.34. The van der Waals surface area contributed by atoms with Crippen LogP contribution in [0.1, 0.15) is 12.8 Å². The number of nitrogens with two attached hydrogens (primary N) is 1. The number of hydrogen-bond acceptors (Lipinski definition) is 5. The van der Waals surface area contributed by atoms with Gasteiger partial charge in [0.05, 0.1) is 0 Å². The van der Waals surface area contributed by atoms with E-state index in [9.17, 15) is 14.4 Å². The first kappa shape index (κ1) is 12.3. The Morgan fingerprint density at radius 1 is 1.50 bits per heavy atom. The van der Waals surface area contributed by atoms with Gasteiger partial charge in [0.2, 0.25) is 0 Å². The second-order valence-corrected chi connectivity index (χ2v) is 2.48. The largest absolute Gasteiger partial charge is 0.481 e. The highest BCUT2D eigenvalue weighted by molar-refractivity contribution is 5.93. The van der Waals surface area contributed by atoms with Gasteiger partial charge in [0, 0.05) is 12.5 Å². The van der Waals surface area contributed by atoms with Gasteiger partial charge in [-0.3, -0.25) is 4.79 Å². The van der Waals surface area contributed by atoms with Gasteiger partial charge in [-0.15, -0.1) is 0 Å². The van der Waals surface area contributed by atoms with Crippen molar-refractivity contribution in [3.63, 3.8) is 0 Å². The lowest BCUT2D eigenvalue weighted by Crippen LogP contribution is -2.33. The molecule has 3 N–H and O–H groups in total. The van der Waals surface area contributed by atoms with E-state index in [2.05, 4.69) is 11.3 Å². The average Bonchev–Trinajstić information content (AvgIpc) is 2.13. The Kier molecular flexibility index (Phi) is 5.16. The SMILES string of the molecule is C=CC(=O)OC(=O)[C@@H](N)CCC(=O)O. The lowest BCUT2D eigenvalue weighted by Gasteiger charge is -2.07. The van der Waals surface area contributed by atoms with Gasteiger partial charge in [-0.1, -0.05) is 6.58 Å². The molecule has 78 valence electrons. The summed E-state index contributed by atoms with van der Waals surface area (Å²) in [6.07, 6.45) is 0.499. The van der Waals surface area contributed by atoms with Crippen LogP contribution in [0.2, 0.25) is 0 Å². The van der Waals surface area contributed by atoms with Crippen molar-refractivity contribution in [3.05, 3.63) is 12.7 Å². The van der Waals surface area contributed by atoms with E-state index in [0.29, 0.717) is 0 Å². The standard InChI is InChI=1S/C8H11NO5/c1-2-7(12)14-8(13)5(9)3-4-6(10)11/h2,5H,1,3-4,9H2,(H,10,11)/t5-/m0/s1. The number of hydrogen-bond donors (Lipinski definition) is 2. The Bertz CT molecular complexity index is 260. The number of carbonyl (C=O) groups is 3. The molecular weight excluding hydrogens is 190 g/mol. The highest BCUT2D eigenvalue weighted by Crippen LogP contribution is 1.97. The molecule has 0 radical (unpaired) electrons. The molecule has 14 heavy (non-hydrogen) atoms. The molecule has 1 atom stereocenters. The van der Waals surface area contributed by atoms with Crippen molar-refractivity contribution in [1.82, 2.24) is 0 Å². The van der Waals surface area contributed by atoms with Crippen LogP contribution in [0.25, 0.3) is 0 Å². The molecule has 6 nitrogen and oxygen atoms in total. The van der Waals surface area contributed by atoms with Crippen molar-refractivity contribution in [3.8, 4) is 0 Å². The monoisotopic (exact) mass is 201 g/mol. The van der Waals surface area contributed by atoms with Gasteiger partial charge in [-0.2, -0.15) is 0 Å². The fourth-order valence-electron chi connectivity index (χ4n) is 0.613. The van der Waals surface area contributed by atoms with E-state index in [-0.39, 0.29) is 12.8 Å². The van der Waals surface area contributed by atoms with Crippen LogP contribution in [0.15, 0.2) is 12.7 Å². The third kappa shape index (κ3) is 5.04. The summed E-state index contributed by atoms with van der Waals surface area (Å²) in [6.45, 7) is 3.09. The molecule has 6 heteroatoms. The molecule has 0 unspecified atom stereocenters. The van der Waals surface area contributed by atoms with Crippen molar-refractivity contribution in [2.24, 2.45) is 5.73 Å². The van der Waals surface area contributed by atoms with Gasteiger partial charge in [-0.05, 0) is 6.42 Å². The van der Waals surface area contributed by atoms with E-state index in [1.54, 1.807) is 0 Å². The molecule has 0 saturated heterocycles. The van der Waals surface area contributed by atoms with Crippen LogP contribution < -0.4 is 5.73 Å². The molecule has 0 aliphatic rings. The Morgan fingerprint density at radius 2 is 2.07 bits per heavy atom. The average molecular weight is 201 g/mol. The predicted molar refractivity (Wildman–Crippen MR) is 46.1 cm³/mol. The minimum absolute atomic E-state index is 0.0708. The van der Waals surface area contributed by atoms with Crippen LogP contribution in [-0.4, -0.2) is 29.1 Å². The molecule has 0 fully saturated rings. The van der Waals surface area contributed by atoms with Gasteiger partial charge in [0.15, 0.2) is 0 Å². The number of esters is 2. The molecule has 0 saturated carbocycles. The summed E-state index contributed by atoms with van der Waals surface area (Å²) in [4.78, 5) is 31.6. The number of rotatable bonds is 5. The molecule has 0 aromatic heterocycles. The molecular formula is C8H11NO5. The number of aliphatic carboxylic acids is 1. The number of ether oxygens (including phenoxy) is 1. The highest BCUT2D eigenvalue weighted by Gasteiger charge is 2.18. The summed E-state index contributed by atoms with van der Waals surface area (Å²) in [7, 11) is 0. The third-order valence-corrected chi connectivity index (χ3v) is 1.34. The van der Waals surface area contributed by atoms with Crippen LogP contribution in [0.4, 0.5) is 0 Å². The summed E-state index contributed by atoms with van der Waals surface area (Å²) in [5.74, 6) is -2.92. The molecule has 0 aromatic rings. The van der Waals surface area contributed by atoms with Crippen LogP contribution in [0.3, 0.4) is 0 Å². The molecule has 0 aliphatic carbocycles. The van der Waals surface area contributed by atoms with Crippen LogP contribution in [0.5, 0.6) is 0 Å². The molecule has 0 aliphatic heterocycles. The first-order chi connectivity index (χ1) is 6.47. The minimum Gasteiger partial charge on any atom is -0.481 e. The molecule has 0 spiro atoms. The summed E-state index contributed by atoms with van der Waals surface area (Å²) < 4.78 is 4.18. The fraction of sp³-hybridized carbons (Fsp3) is 0.375. The molecule has 0 amide bonds. The van der Waals surface area contributed by atoms with Crippen molar-refractivity contribution in [2.75, 3.05) is 0 Å². The maximum atomic E-state index is 10.9. The van der Waals surface area contributed by atoms with Crippen molar-refractivity contribution >= 4 is 17.9 Å². The molecule has 0 heterocycles. The summed E-state index contributed by atoms with van der Waals surface area (Å²) in [5, 5.41) is 8.28. The highest BCUT2D eigenvalue weighted by atomic mass is 16.6. The van der Waals surface area contributed by atoms with Crippen molar-refractivity contribution in [2.45, 2.75) is 18.9 Å². The van der Waals surface area contributed by atoms with E-state index in [1.165, 1.54) is 0 Å². The zero-order valence-corrected chi connectivity index (χ0v) is 7.43. The maximum absolute atomic E-state index is 10.9.